The van der Waals surface area contributed by atoms with Gasteiger partial charge in [-0.05, 0) is 31.6 Å². The van der Waals surface area contributed by atoms with Gasteiger partial charge in [-0.1, -0.05) is 11.6 Å². The zero-order valence-corrected chi connectivity index (χ0v) is 12.8. The average Bonchev–Trinajstić information content (AvgIpc) is 2.64. The van der Waals surface area contributed by atoms with Crippen LogP contribution in [0.4, 0.5) is 0 Å². The third-order valence-corrected chi connectivity index (χ3v) is 4.46. The van der Waals surface area contributed by atoms with E-state index in [1.54, 1.807) is 4.90 Å². The van der Waals surface area contributed by atoms with E-state index in [9.17, 15) is 4.79 Å². The minimum absolute atomic E-state index is 0.173. The maximum Gasteiger partial charge on any atom is 0.236 e. The molecule has 4 nitrogen and oxygen atoms in total. The summed E-state index contributed by atoms with van der Waals surface area (Å²) in [6.07, 6.45) is 1.11. The first-order valence-electron chi connectivity index (χ1n) is 6.56. The molecule has 1 amide bonds. The third-order valence-electron chi connectivity index (χ3n) is 3.24. The highest BCUT2D eigenvalue weighted by molar-refractivity contribution is 7.16. The number of likely N-dealkylation sites (N-methyl/N-ethyl adjacent to an activating group) is 1. The fraction of sp³-hybridized carbons (Fsp3) is 0.615. The Hall–Kier alpha value is -0.620. The highest BCUT2D eigenvalue weighted by Crippen LogP contribution is 2.22. The summed E-state index contributed by atoms with van der Waals surface area (Å²) in [6.45, 7) is 5.12. The van der Waals surface area contributed by atoms with E-state index >= 15 is 0 Å². The van der Waals surface area contributed by atoms with Crippen LogP contribution in [0.5, 0.6) is 0 Å². The SMILES string of the molecule is CN(Cc1ccc(Cl)s1)C(=O)CN1CCCNCC1. The van der Waals surface area contributed by atoms with E-state index in [-0.39, 0.29) is 5.91 Å². The van der Waals surface area contributed by atoms with E-state index in [4.69, 9.17) is 11.6 Å². The van der Waals surface area contributed by atoms with Crippen LogP contribution in [0.1, 0.15) is 11.3 Å². The monoisotopic (exact) mass is 301 g/mol. The molecular weight excluding hydrogens is 282 g/mol. The van der Waals surface area contributed by atoms with Gasteiger partial charge in [0.2, 0.25) is 5.91 Å². The summed E-state index contributed by atoms with van der Waals surface area (Å²) in [5.41, 5.74) is 0. The number of rotatable bonds is 4. The summed E-state index contributed by atoms with van der Waals surface area (Å²) >= 11 is 7.43. The first-order valence-corrected chi connectivity index (χ1v) is 7.76. The van der Waals surface area contributed by atoms with Gasteiger partial charge in [0.1, 0.15) is 0 Å². The zero-order valence-electron chi connectivity index (χ0n) is 11.2. The van der Waals surface area contributed by atoms with Crippen LogP contribution in [0.25, 0.3) is 0 Å². The Morgan fingerprint density at radius 1 is 1.47 bits per heavy atom. The van der Waals surface area contributed by atoms with Crippen LogP contribution in [-0.2, 0) is 11.3 Å². The molecule has 1 aromatic heterocycles. The van der Waals surface area contributed by atoms with Crippen LogP contribution < -0.4 is 5.32 Å². The standard InChI is InChI=1S/C13H20ClN3OS/c1-16(9-11-3-4-12(14)19-11)13(18)10-17-7-2-5-15-6-8-17/h3-4,15H,2,5-10H2,1H3. The second-order valence-electron chi connectivity index (χ2n) is 4.84. The number of halogens is 1. The minimum atomic E-state index is 0.173. The van der Waals surface area contributed by atoms with Crippen molar-refractivity contribution in [3.63, 3.8) is 0 Å². The highest BCUT2D eigenvalue weighted by atomic mass is 35.5. The van der Waals surface area contributed by atoms with Gasteiger partial charge < -0.3 is 10.2 Å². The number of amides is 1. The van der Waals surface area contributed by atoms with Crippen molar-refractivity contribution in [2.24, 2.45) is 0 Å². The molecule has 1 fully saturated rings. The molecule has 0 saturated carbocycles. The fourth-order valence-corrected chi connectivity index (χ4v) is 3.27. The van der Waals surface area contributed by atoms with Crippen molar-refractivity contribution in [3.8, 4) is 0 Å². The number of nitrogens with one attached hydrogen (secondary N) is 1. The fourth-order valence-electron chi connectivity index (χ4n) is 2.13. The van der Waals surface area contributed by atoms with Crippen LogP contribution in [-0.4, -0.2) is 55.5 Å². The van der Waals surface area contributed by atoms with Gasteiger partial charge in [0, 0.05) is 25.0 Å². The number of carbonyl (C=O) groups is 1. The molecule has 0 spiro atoms. The molecule has 0 bridgehead atoms. The number of hydrogen-bond acceptors (Lipinski definition) is 4. The van der Waals surface area contributed by atoms with E-state index in [1.807, 2.05) is 19.2 Å². The van der Waals surface area contributed by atoms with Crippen molar-refractivity contribution in [1.82, 2.24) is 15.1 Å². The van der Waals surface area contributed by atoms with Crippen molar-refractivity contribution < 1.29 is 4.79 Å². The molecule has 2 rings (SSSR count). The average molecular weight is 302 g/mol. The number of thiophene rings is 1. The van der Waals surface area contributed by atoms with Gasteiger partial charge in [0.05, 0.1) is 17.4 Å². The molecule has 1 aliphatic heterocycles. The lowest BCUT2D eigenvalue weighted by Crippen LogP contribution is -2.39. The van der Waals surface area contributed by atoms with E-state index in [1.165, 1.54) is 11.3 Å². The number of nitrogens with zero attached hydrogens (tertiary/aromatic N) is 2. The highest BCUT2D eigenvalue weighted by Gasteiger charge is 2.16. The Kier molecular flexibility index (Phi) is 5.63. The summed E-state index contributed by atoms with van der Waals surface area (Å²) in [5.74, 6) is 0.173. The Bertz CT molecular complexity index is 416. The molecular formula is C13H20ClN3OS. The summed E-state index contributed by atoms with van der Waals surface area (Å²) in [4.78, 5) is 17.3. The quantitative estimate of drug-likeness (QED) is 0.919. The predicted molar refractivity (Wildman–Crippen MR) is 79.7 cm³/mol. The van der Waals surface area contributed by atoms with Crippen molar-refractivity contribution in [2.75, 3.05) is 39.8 Å². The summed E-state index contributed by atoms with van der Waals surface area (Å²) < 4.78 is 0.773. The second-order valence-corrected chi connectivity index (χ2v) is 6.63. The van der Waals surface area contributed by atoms with Crippen molar-refractivity contribution >= 4 is 28.8 Å². The summed E-state index contributed by atoms with van der Waals surface area (Å²) in [6, 6.07) is 3.85. The normalized spacial score (nSPS) is 17.2. The minimum Gasteiger partial charge on any atom is -0.340 e. The molecule has 2 heterocycles. The Balaban J connectivity index is 1.81. The van der Waals surface area contributed by atoms with Crippen LogP contribution >= 0.6 is 22.9 Å². The Morgan fingerprint density at radius 3 is 3.05 bits per heavy atom. The van der Waals surface area contributed by atoms with Gasteiger partial charge in [-0.2, -0.15) is 0 Å². The molecule has 0 atom stereocenters. The molecule has 6 heteroatoms. The maximum absolute atomic E-state index is 12.2. The molecule has 19 heavy (non-hydrogen) atoms. The van der Waals surface area contributed by atoms with Crippen molar-refractivity contribution in [1.29, 1.82) is 0 Å². The summed E-state index contributed by atoms with van der Waals surface area (Å²) in [5, 5.41) is 3.34. The first kappa shape index (κ1) is 14.8. The van der Waals surface area contributed by atoms with E-state index < -0.39 is 0 Å². The molecule has 0 radical (unpaired) electrons. The maximum atomic E-state index is 12.2. The van der Waals surface area contributed by atoms with E-state index in [2.05, 4.69) is 10.2 Å². The van der Waals surface area contributed by atoms with Crippen LogP contribution in [0.2, 0.25) is 4.34 Å². The number of hydrogen-bond donors (Lipinski definition) is 1. The van der Waals surface area contributed by atoms with E-state index in [0.717, 1.165) is 41.8 Å². The Morgan fingerprint density at radius 2 is 2.32 bits per heavy atom. The topological polar surface area (TPSA) is 35.6 Å². The van der Waals surface area contributed by atoms with Crippen LogP contribution in [0, 0.1) is 0 Å². The smallest absolute Gasteiger partial charge is 0.236 e. The largest absolute Gasteiger partial charge is 0.340 e. The Labute approximate surface area is 123 Å². The van der Waals surface area contributed by atoms with Crippen LogP contribution in [0.3, 0.4) is 0 Å². The van der Waals surface area contributed by atoms with Crippen LogP contribution in [0.15, 0.2) is 12.1 Å². The second kappa shape index (κ2) is 7.24. The van der Waals surface area contributed by atoms with Gasteiger partial charge in [-0.25, -0.2) is 0 Å². The van der Waals surface area contributed by atoms with Gasteiger partial charge >= 0.3 is 0 Å². The molecule has 0 unspecified atom stereocenters. The first-order chi connectivity index (χ1) is 9.15. The molecule has 1 aliphatic rings. The van der Waals surface area contributed by atoms with Gasteiger partial charge in [-0.3, -0.25) is 9.69 Å². The molecule has 1 saturated heterocycles. The molecule has 106 valence electrons. The predicted octanol–water partition coefficient (Wildman–Crippen LogP) is 1.66. The molecule has 1 N–H and O–H groups in total. The van der Waals surface area contributed by atoms with Gasteiger partial charge in [0.15, 0.2) is 0 Å². The van der Waals surface area contributed by atoms with Crippen molar-refractivity contribution in [3.05, 3.63) is 21.3 Å². The lowest BCUT2D eigenvalue weighted by molar-refractivity contribution is -0.131. The lowest BCUT2D eigenvalue weighted by Gasteiger charge is -2.23. The van der Waals surface area contributed by atoms with Gasteiger partial charge in [-0.15, -0.1) is 11.3 Å². The number of carbonyl (C=O) groups excluding carboxylic acids is 1. The van der Waals surface area contributed by atoms with Crippen molar-refractivity contribution in [2.45, 2.75) is 13.0 Å². The molecule has 0 aliphatic carbocycles. The van der Waals surface area contributed by atoms with Gasteiger partial charge in [0.25, 0.3) is 0 Å². The molecule has 0 aromatic carbocycles. The zero-order chi connectivity index (χ0) is 13.7. The van der Waals surface area contributed by atoms with E-state index in [0.29, 0.717) is 13.1 Å². The third kappa shape index (κ3) is 4.76. The lowest BCUT2D eigenvalue weighted by atomic mass is 10.3. The molecule has 1 aromatic rings. The summed E-state index contributed by atoms with van der Waals surface area (Å²) in [7, 11) is 1.85.